The molecule has 0 radical (unpaired) electrons. The summed E-state index contributed by atoms with van der Waals surface area (Å²) in [6.07, 6.45) is 2.08. The van der Waals surface area contributed by atoms with Gasteiger partial charge >= 0.3 is 0 Å². The number of hydrogen-bond donors (Lipinski definition) is 3. The SMILES string of the molecule is CC(Oc1ccc(NC(=O)c2cc(-c3ccc(N)c(N=N)n3)ccc2F)cc1F)C1CC1. The van der Waals surface area contributed by atoms with Crippen molar-refractivity contribution in [1.29, 1.82) is 5.53 Å². The van der Waals surface area contributed by atoms with Crippen LogP contribution in [-0.4, -0.2) is 17.0 Å². The van der Waals surface area contributed by atoms with E-state index in [1.807, 2.05) is 6.92 Å². The molecule has 32 heavy (non-hydrogen) atoms. The van der Waals surface area contributed by atoms with E-state index in [9.17, 15) is 13.6 Å². The van der Waals surface area contributed by atoms with Crippen molar-refractivity contribution >= 4 is 23.1 Å². The van der Waals surface area contributed by atoms with Gasteiger partial charge in [0.05, 0.1) is 23.0 Å². The number of amides is 1. The molecule has 1 aliphatic rings. The summed E-state index contributed by atoms with van der Waals surface area (Å²) >= 11 is 0. The summed E-state index contributed by atoms with van der Waals surface area (Å²) in [7, 11) is 0. The first-order valence-corrected chi connectivity index (χ1v) is 10.1. The Hall–Kier alpha value is -3.88. The number of carbonyl (C=O) groups is 1. The molecule has 9 heteroatoms. The molecule has 0 saturated heterocycles. The molecule has 4 rings (SSSR count). The van der Waals surface area contributed by atoms with E-state index in [4.69, 9.17) is 16.0 Å². The highest BCUT2D eigenvalue weighted by atomic mass is 19.1. The molecular formula is C23H21F2N5O2. The number of anilines is 2. The van der Waals surface area contributed by atoms with Crippen molar-refractivity contribution in [2.24, 2.45) is 11.0 Å². The van der Waals surface area contributed by atoms with Gasteiger partial charge in [-0.05, 0) is 68.1 Å². The highest BCUT2D eigenvalue weighted by Gasteiger charge is 2.30. The zero-order valence-corrected chi connectivity index (χ0v) is 17.2. The van der Waals surface area contributed by atoms with Crippen LogP contribution in [0.2, 0.25) is 0 Å². The first kappa shape index (κ1) is 21.4. The average Bonchev–Trinajstić information content (AvgIpc) is 3.62. The summed E-state index contributed by atoms with van der Waals surface area (Å²) < 4.78 is 34.4. The molecule has 1 atom stereocenters. The van der Waals surface area contributed by atoms with E-state index in [-0.39, 0.29) is 34.6 Å². The van der Waals surface area contributed by atoms with Crippen molar-refractivity contribution in [3.63, 3.8) is 0 Å². The Kier molecular flexibility index (Phi) is 5.81. The third-order valence-corrected chi connectivity index (χ3v) is 5.31. The molecule has 1 heterocycles. The van der Waals surface area contributed by atoms with Gasteiger partial charge in [-0.3, -0.25) is 4.79 Å². The molecule has 1 aliphatic carbocycles. The van der Waals surface area contributed by atoms with Gasteiger partial charge < -0.3 is 15.8 Å². The highest BCUT2D eigenvalue weighted by Crippen LogP contribution is 2.35. The largest absolute Gasteiger partial charge is 0.487 e. The molecule has 2 aromatic carbocycles. The quantitative estimate of drug-likeness (QED) is 0.411. The second-order valence-electron chi connectivity index (χ2n) is 7.68. The summed E-state index contributed by atoms with van der Waals surface area (Å²) in [5.41, 5.74) is 13.8. The van der Waals surface area contributed by atoms with E-state index < -0.39 is 17.5 Å². The van der Waals surface area contributed by atoms with Gasteiger partial charge in [0.2, 0.25) is 0 Å². The minimum atomic E-state index is -0.746. The van der Waals surface area contributed by atoms with Gasteiger partial charge in [-0.2, -0.15) is 0 Å². The molecule has 4 N–H and O–H groups in total. The van der Waals surface area contributed by atoms with Crippen LogP contribution in [0.4, 0.5) is 26.0 Å². The van der Waals surface area contributed by atoms with Crippen molar-refractivity contribution in [2.75, 3.05) is 11.1 Å². The minimum absolute atomic E-state index is 0.0200. The molecule has 0 aliphatic heterocycles. The first-order valence-electron chi connectivity index (χ1n) is 10.1. The lowest BCUT2D eigenvalue weighted by atomic mass is 10.1. The van der Waals surface area contributed by atoms with Gasteiger partial charge in [-0.15, -0.1) is 5.11 Å². The summed E-state index contributed by atoms with van der Waals surface area (Å²) in [6.45, 7) is 1.90. The molecule has 1 aromatic heterocycles. The number of nitrogens with one attached hydrogen (secondary N) is 2. The standard InChI is InChI=1S/C23H21F2N5O2/c1-12(13-2-3-13)32-21-9-5-15(11-18(21)25)28-23(31)16-10-14(4-6-17(16)24)20-8-7-19(26)22(29-20)30-27/h4-13,27H,2-3,26H2,1H3,(H,28,31). The van der Waals surface area contributed by atoms with E-state index in [1.54, 1.807) is 6.07 Å². The Morgan fingerprint density at radius 2 is 1.97 bits per heavy atom. The Morgan fingerprint density at radius 3 is 2.66 bits per heavy atom. The number of nitrogens with zero attached hydrogens (tertiary/aromatic N) is 2. The zero-order valence-electron chi connectivity index (χ0n) is 17.2. The number of benzene rings is 2. The molecule has 1 fully saturated rings. The number of aromatic nitrogens is 1. The Morgan fingerprint density at radius 1 is 1.19 bits per heavy atom. The van der Waals surface area contributed by atoms with Crippen molar-refractivity contribution in [3.05, 3.63) is 65.7 Å². The van der Waals surface area contributed by atoms with Gasteiger partial charge in [0.25, 0.3) is 5.91 Å². The fourth-order valence-electron chi connectivity index (χ4n) is 3.30. The van der Waals surface area contributed by atoms with Gasteiger partial charge in [0, 0.05) is 17.3 Å². The number of carbonyl (C=O) groups excluding carboxylic acids is 1. The number of ether oxygens (including phenoxy) is 1. The molecule has 1 amide bonds. The summed E-state index contributed by atoms with van der Waals surface area (Å²) in [5.74, 6) is -1.52. The van der Waals surface area contributed by atoms with Crippen LogP contribution in [0.1, 0.15) is 30.1 Å². The number of hydrogen-bond acceptors (Lipinski definition) is 6. The molecule has 164 valence electrons. The monoisotopic (exact) mass is 437 g/mol. The van der Waals surface area contributed by atoms with Gasteiger partial charge in [-0.25, -0.2) is 19.3 Å². The van der Waals surface area contributed by atoms with Crippen LogP contribution in [0.15, 0.2) is 53.6 Å². The fourth-order valence-corrected chi connectivity index (χ4v) is 3.30. The first-order chi connectivity index (χ1) is 15.4. The smallest absolute Gasteiger partial charge is 0.258 e. The summed E-state index contributed by atoms with van der Waals surface area (Å²) in [4.78, 5) is 16.8. The maximum atomic E-state index is 14.4. The van der Waals surface area contributed by atoms with Crippen LogP contribution in [0.5, 0.6) is 5.75 Å². The number of halogens is 2. The third-order valence-electron chi connectivity index (χ3n) is 5.31. The van der Waals surface area contributed by atoms with Crippen LogP contribution in [-0.2, 0) is 0 Å². The normalized spacial score (nSPS) is 14.0. The third kappa shape index (κ3) is 4.56. The highest BCUT2D eigenvalue weighted by molar-refractivity contribution is 6.05. The number of pyridine rings is 1. The molecule has 3 aromatic rings. The lowest BCUT2D eigenvalue weighted by molar-refractivity contribution is 0.102. The average molecular weight is 437 g/mol. The van der Waals surface area contributed by atoms with E-state index in [0.717, 1.165) is 25.0 Å². The topological polar surface area (TPSA) is 113 Å². The maximum Gasteiger partial charge on any atom is 0.258 e. The van der Waals surface area contributed by atoms with E-state index >= 15 is 0 Å². The zero-order chi connectivity index (χ0) is 22.8. The second-order valence-corrected chi connectivity index (χ2v) is 7.68. The van der Waals surface area contributed by atoms with Gasteiger partial charge in [-0.1, -0.05) is 0 Å². The van der Waals surface area contributed by atoms with Gasteiger partial charge in [0.15, 0.2) is 17.4 Å². The van der Waals surface area contributed by atoms with Crippen LogP contribution in [0.3, 0.4) is 0 Å². The number of rotatable bonds is 7. The van der Waals surface area contributed by atoms with Crippen molar-refractivity contribution in [1.82, 2.24) is 4.98 Å². The van der Waals surface area contributed by atoms with Crippen LogP contribution in [0.25, 0.3) is 11.3 Å². The number of nitrogen functional groups attached to an aromatic ring is 1. The minimum Gasteiger partial charge on any atom is -0.487 e. The lowest BCUT2D eigenvalue weighted by Gasteiger charge is -2.15. The predicted octanol–water partition coefficient (Wildman–Crippen LogP) is 5.70. The number of nitrogens with two attached hydrogens (primary N) is 1. The van der Waals surface area contributed by atoms with Crippen LogP contribution < -0.4 is 15.8 Å². The molecule has 0 spiro atoms. The van der Waals surface area contributed by atoms with E-state index in [0.29, 0.717) is 17.2 Å². The van der Waals surface area contributed by atoms with E-state index in [1.165, 1.54) is 30.3 Å². The molecule has 7 nitrogen and oxygen atoms in total. The lowest BCUT2D eigenvalue weighted by Crippen LogP contribution is -2.16. The Labute approximate surface area is 183 Å². The van der Waals surface area contributed by atoms with Crippen molar-refractivity contribution < 1.29 is 18.3 Å². The van der Waals surface area contributed by atoms with Crippen LogP contribution in [0, 0.1) is 23.1 Å². The van der Waals surface area contributed by atoms with Crippen molar-refractivity contribution in [3.8, 4) is 17.0 Å². The van der Waals surface area contributed by atoms with Crippen molar-refractivity contribution in [2.45, 2.75) is 25.9 Å². The maximum absolute atomic E-state index is 14.4. The fraction of sp³-hybridized carbons (Fsp3) is 0.217. The van der Waals surface area contributed by atoms with Crippen LogP contribution >= 0.6 is 0 Å². The second kappa shape index (κ2) is 8.70. The predicted molar refractivity (Wildman–Crippen MR) is 116 cm³/mol. The van der Waals surface area contributed by atoms with E-state index in [2.05, 4.69) is 15.4 Å². The summed E-state index contributed by atoms with van der Waals surface area (Å²) in [6, 6.07) is 11.1. The summed E-state index contributed by atoms with van der Waals surface area (Å²) in [5, 5.41) is 5.75. The Bertz CT molecular complexity index is 1200. The molecule has 0 bridgehead atoms. The Balaban J connectivity index is 1.54. The molecule has 1 saturated carbocycles. The molecular weight excluding hydrogens is 416 g/mol. The molecule has 1 unspecified atom stereocenters. The van der Waals surface area contributed by atoms with Gasteiger partial charge in [0.1, 0.15) is 5.82 Å².